The number of carbonyl (C=O) groups excluding carboxylic acids is 1. The molecular weight excluding hydrogens is 354 g/mol. The SMILES string of the molecule is CCc1ccc(-c2nc(SC(C)C(=O)c3cccc(Cl)c3)n[nH]2)cc1. The van der Waals surface area contributed by atoms with Crippen LogP contribution in [0.15, 0.2) is 53.7 Å². The Hall–Kier alpha value is -2.11. The first-order valence-electron chi connectivity index (χ1n) is 8.05. The highest BCUT2D eigenvalue weighted by Crippen LogP contribution is 2.25. The van der Waals surface area contributed by atoms with E-state index in [-0.39, 0.29) is 11.0 Å². The third-order valence-corrected chi connectivity index (χ3v) is 5.06. The molecule has 0 radical (unpaired) electrons. The van der Waals surface area contributed by atoms with E-state index in [2.05, 4.69) is 34.2 Å². The van der Waals surface area contributed by atoms with Crippen LogP contribution in [0.25, 0.3) is 11.4 Å². The number of thioether (sulfide) groups is 1. The third kappa shape index (κ3) is 4.30. The summed E-state index contributed by atoms with van der Waals surface area (Å²) in [5, 5.41) is 7.96. The standard InChI is InChI=1S/C19H18ClN3OS/c1-3-13-7-9-14(10-8-13)18-21-19(23-22-18)25-12(2)17(24)15-5-4-6-16(20)11-15/h4-12H,3H2,1-2H3,(H,21,22,23). The maximum Gasteiger partial charge on any atom is 0.209 e. The average Bonchev–Trinajstić information content (AvgIpc) is 3.09. The van der Waals surface area contributed by atoms with Gasteiger partial charge in [0, 0.05) is 16.1 Å². The van der Waals surface area contributed by atoms with E-state index < -0.39 is 0 Å². The molecule has 0 bridgehead atoms. The first-order valence-corrected chi connectivity index (χ1v) is 9.30. The minimum Gasteiger partial charge on any atom is -0.293 e. The fraction of sp³-hybridized carbons (Fsp3) is 0.211. The van der Waals surface area contributed by atoms with Crippen molar-refractivity contribution >= 4 is 29.1 Å². The van der Waals surface area contributed by atoms with E-state index in [0.29, 0.717) is 21.6 Å². The molecule has 0 saturated heterocycles. The summed E-state index contributed by atoms with van der Waals surface area (Å²) in [6, 6.07) is 15.2. The molecule has 1 heterocycles. The van der Waals surface area contributed by atoms with Gasteiger partial charge in [-0.1, -0.05) is 66.7 Å². The van der Waals surface area contributed by atoms with Crippen molar-refractivity contribution in [3.63, 3.8) is 0 Å². The lowest BCUT2D eigenvalue weighted by Crippen LogP contribution is -2.13. The van der Waals surface area contributed by atoms with E-state index >= 15 is 0 Å². The van der Waals surface area contributed by atoms with Gasteiger partial charge in [0.15, 0.2) is 11.6 Å². The van der Waals surface area contributed by atoms with Crippen molar-refractivity contribution in [2.45, 2.75) is 30.7 Å². The van der Waals surface area contributed by atoms with Crippen molar-refractivity contribution in [2.75, 3.05) is 0 Å². The Morgan fingerprint density at radius 3 is 2.68 bits per heavy atom. The quantitative estimate of drug-likeness (QED) is 0.486. The molecule has 1 atom stereocenters. The van der Waals surface area contributed by atoms with Gasteiger partial charge in [0.2, 0.25) is 5.16 Å². The average molecular weight is 372 g/mol. The van der Waals surface area contributed by atoms with E-state index in [1.807, 2.05) is 19.1 Å². The zero-order valence-corrected chi connectivity index (χ0v) is 15.6. The number of aryl methyl sites for hydroxylation is 1. The summed E-state index contributed by atoms with van der Waals surface area (Å²) in [5.41, 5.74) is 2.85. The Balaban J connectivity index is 1.71. The molecule has 4 nitrogen and oxygen atoms in total. The van der Waals surface area contributed by atoms with Gasteiger partial charge in [-0.25, -0.2) is 4.98 Å². The highest BCUT2D eigenvalue weighted by Gasteiger charge is 2.19. The molecule has 3 aromatic rings. The number of carbonyl (C=O) groups is 1. The van der Waals surface area contributed by atoms with Crippen LogP contribution in [-0.4, -0.2) is 26.2 Å². The summed E-state index contributed by atoms with van der Waals surface area (Å²) < 4.78 is 0. The second kappa shape index (κ2) is 7.85. The molecule has 0 spiro atoms. The Morgan fingerprint density at radius 2 is 2.00 bits per heavy atom. The van der Waals surface area contributed by atoms with E-state index in [9.17, 15) is 4.79 Å². The molecule has 25 heavy (non-hydrogen) atoms. The minimum atomic E-state index is -0.301. The molecule has 1 aromatic heterocycles. The number of benzene rings is 2. The summed E-state index contributed by atoms with van der Waals surface area (Å²) in [7, 11) is 0. The van der Waals surface area contributed by atoms with Gasteiger partial charge in [-0.3, -0.25) is 9.89 Å². The molecule has 0 amide bonds. The summed E-state index contributed by atoms with van der Waals surface area (Å²) in [6.07, 6.45) is 1.00. The van der Waals surface area contributed by atoms with E-state index in [1.54, 1.807) is 24.3 Å². The number of nitrogens with zero attached hydrogens (tertiary/aromatic N) is 2. The van der Waals surface area contributed by atoms with Crippen molar-refractivity contribution in [2.24, 2.45) is 0 Å². The van der Waals surface area contributed by atoms with Gasteiger partial charge in [-0.15, -0.1) is 5.10 Å². The number of rotatable bonds is 6. The predicted molar refractivity (Wildman–Crippen MR) is 102 cm³/mol. The van der Waals surface area contributed by atoms with E-state index in [0.717, 1.165) is 12.0 Å². The van der Waals surface area contributed by atoms with Crippen molar-refractivity contribution in [1.29, 1.82) is 0 Å². The number of H-pyrrole nitrogens is 1. The maximum absolute atomic E-state index is 12.5. The second-order valence-corrected chi connectivity index (χ2v) is 7.40. The monoisotopic (exact) mass is 371 g/mol. The molecule has 0 aliphatic heterocycles. The van der Waals surface area contributed by atoms with Crippen LogP contribution in [0.4, 0.5) is 0 Å². The number of hydrogen-bond donors (Lipinski definition) is 1. The first kappa shape index (κ1) is 17.7. The number of Topliss-reactive ketones (excluding diaryl/α,β-unsaturated/α-hetero) is 1. The molecule has 3 rings (SSSR count). The Labute approximate surface area is 156 Å². The van der Waals surface area contributed by atoms with Gasteiger partial charge >= 0.3 is 0 Å². The maximum atomic E-state index is 12.5. The van der Waals surface area contributed by atoms with E-state index in [1.165, 1.54) is 17.3 Å². The number of aromatic nitrogens is 3. The zero-order valence-electron chi connectivity index (χ0n) is 14.0. The largest absolute Gasteiger partial charge is 0.293 e. The van der Waals surface area contributed by atoms with Gasteiger partial charge < -0.3 is 0 Å². The topological polar surface area (TPSA) is 58.6 Å². The lowest BCUT2D eigenvalue weighted by molar-refractivity contribution is 0.0994. The number of hydrogen-bond acceptors (Lipinski definition) is 4. The van der Waals surface area contributed by atoms with Gasteiger partial charge in [0.1, 0.15) is 0 Å². The number of aromatic amines is 1. The normalized spacial score (nSPS) is 12.1. The van der Waals surface area contributed by atoms with Crippen LogP contribution in [0.1, 0.15) is 29.8 Å². The van der Waals surface area contributed by atoms with Gasteiger partial charge in [-0.05, 0) is 31.0 Å². The van der Waals surface area contributed by atoms with Crippen LogP contribution in [0.5, 0.6) is 0 Å². The Morgan fingerprint density at radius 1 is 1.24 bits per heavy atom. The van der Waals surface area contributed by atoms with Crippen molar-refractivity contribution < 1.29 is 4.79 Å². The molecule has 128 valence electrons. The summed E-state index contributed by atoms with van der Waals surface area (Å²) in [6.45, 7) is 3.97. The highest BCUT2D eigenvalue weighted by atomic mass is 35.5. The zero-order chi connectivity index (χ0) is 17.8. The fourth-order valence-electron chi connectivity index (χ4n) is 2.41. The summed E-state index contributed by atoms with van der Waals surface area (Å²) in [4.78, 5) is 17.0. The van der Waals surface area contributed by atoms with Crippen LogP contribution >= 0.6 is 23.4 Å². The van der Waals surface area contributed by atoms with Crippen LogP contribution in [0.2, 0.25) is 5.02 Å². The summed E-state index contributed by atoms with van der Waals surface area (Å²) in [5.74, 6) is 0.707. The number of halogens is 1. The minimum absolute atomic E-state index is 0.00569. The third-order valence-electron chi connectivity index (χ3n) is 3.86. The molecule has 0 saturated carbocycles. The van der Waals surface area contributed by atoms with Crippen molar-refractivity contribution in [3.8, 4) is 11.4 Å². The Kier molecular flexibility index (Phi) is 5.56. The predicted octanol–water partition coefficient (Wildman–Crippen LogP) is 5.05. The smallest absolute Gasteiger partial charge is 0.209 e. The van der Waals surface area contributed by atoms with Gasteiger partial charge in [0.25, 0.3) is 0 Å². The number of ketones is 1. The molecule has 1 unspecified atom stereocenters. The van der Waals surface area contributed by atoms with Crippen molar-refractivity contribution in [3.05, 3.63) is 64.7 Å². The number of nitrogens with one attached hydrogen (secondary N) is 1. The summed E-state index contributed by atoms with van der Waals surface area (Å²) >= 11 is 7.29. The van der Waals surface area contributed by atoms with E-state index in [4.69, 9.17) is 11.6 Å². The molecule has 1 N–H and O–H groups in total. The molecule has 0 aliphatic carbocycles. The van der Waals surface area contributed by atoms with Crippen LogP contribution in [-0.2, 0) is 6.42 Å². The highest BCUT2D eigenvalue weighted by molar-refractivity contribution is 8.00. The fourth-order valence-corrected chi connectivity index (χ4v) is 3.41. The van der Waals surface area contributed by atoms with Crippen LogP contribution in [0, 0.1) is 0 Å². The Bertz CT molecular complexity index is 876. The molecular formula is C19H18ClN3OS. The molecule has 0 aliphatic rings. The first-order chi connectivity index (χ1) is 12.1. The van der Waals surface area contributed by atoms with Crippen LogP contribution in [0.3, 0.4) is 0 Å². The lowest BCUT2D eigenvalue weighted by atomic mass is 10.1. The molecule has 2 aromatic carbocycles. The lowest BCUT2D eigenvalue weighted by Gasteiger charge is -2.07. The second-order valence-electron chi connectivity index (χ2n) is 5.65. The molecule has 0 fully saturated rings. The van der Waals surface area contributed by atoms with Crippen LogP contribution < -0.4 is 0 Å². The van der Waals surface area contributed by atoms with Gasteiger partial charge in [0.05, 0.1) is 5.25 Å². The van der Waals surface area contributed by atoms with Crippen molar-refractivity contribution in [1.82, 2.24) is 15.2 Å². The van der Waals surface area contributed by atoms with Gasteiger partial charge in [-0.2, -0.15) is 0 Å². The molecule has 6 heteroatoms.